The standard InChI is InChI=1S/C46H47N7O12S/c1-26-13-14-28(19-30(26)24-52-23-27(2)65-35-10-4-5-12-38(35)66(52,61)62)32(22-41(56)57)29-20-33-43(51(3)50-49-33)37(21-29)63-18-7-6-17-47-40(55)25-64-36-11-8-9-31-42(36)46(60)53(45(31)59)34-15-16-39(54)48-44(34)58/h4-5,8-14,19-21,27,32,34H,6-7,15-18,22-25H2,1-3H3,(H,47,55)(H,56,57)(H,48,54,58). The van der Waals surface area contributed by atoms with Crippen molar-refractivity contribution in [1.82, 2.24) is 34.8 Å². The van der Waals surface area contributed by atoms with Gasteiger partial charge in [0, 0.05) is 32.5 Å². The van der Waals surface area contributed by atoms with Crippen LogP contribution >= 0.6 is 0 Å². The SMILES string of the molecule is Cc1ccc(C(CC(=O)O)c2cc(OCCCCNC(=O)COc3cccc4c3C(=O)N(C3CCC(=O)NC3=O)C4=O)c3c(c2)nnn3C)cc1CN1CC(C)Oc2ccccc2S1(=O)=O. The summed E-state index contributed by atoms with van der Waals surface area (Å²) in [6.45, 7) is 3.87. The molecule has 0 aliphatic carbocycles. The molecule has 3 N–H and O–H groups in total. The van der Waals surface area contributed by atoms with Gasteiger partial charge in [0.2, 0.25) is 21.8 Å². The van der Waals surface area contributed by atoms with Crippen molar-refractivity contribution < 1.29 is 56.5 Å². The molecule has 344 valence electrons. The van der Waals surface area contributed by atoms with Crippen molar-refractivity contribution in [2.75, 3.05) is 26.3 Å². The number of amides is 5. The quantitative estimate of drug-likeness (QED) is 0.0946. The fourth-order valence-corrected chi connectivity index (χ4v) is 10.1. The Balaban J connectivity index is 0.901. The number of ether oxygens (including phenoxy) is 3. The number of carbonyl (C=O) groups is 6. The summed E-state index contributed by atoms with van der Waals surface area (Å²) < 4.78 is 48.6. The number of fused-ring (bicyclic) bond motifs is 3. The molecule has 5 aromatic rings. The van der Waals surface area contributed by atoms with Crippen LogP contribution in [0.15, 0.2) is 77.7 Å². The average Bonchev–Trinajstić information content (AvgIpc) is 3.75. The Labute approximate surface area is 379 Å². The van der Waals surface area contributed by atoms with Crippen molar-refractivity contribution in [2.45, 2.75) is 75.5 Å². The van der Waals surface area contributed by atoms with Crippen LogP contribution in [0.5, 0.6) is 17.2 Å². The second-order valence-corrected chi connectivity index (χ2v) is 18.3. The van der Waals surface area contributed by atoms with Crippen LogP contribution in [-0.4, -0.2) is 112 Å². The van der Waals surface area contributed by atoms with Crippen molar-refractivity contribution in [2.24, 2.45) is 7.05 Å². The summed E-state index contributed by atoms with van der Waals surface area (Å²) in [5.74, 6) is -4.11. The molecule has 1 fully saturated rings. The number of carboxylic acid groups (broad SMARTS) is 1. The van der Waals surface area contributed by atoms with Gasteiger partial charge in [-0.3, -0.25) is 39.0 Å². The van der Waals surface area contributed by atoms with Crippen LogP contribution in [0, 0.1) is 6.92 Å². The number of unbranched alkanes of at least 4 members (excludes halogenated alkanes) is 1. The van der Waals surface area contributed by atoms with Gasteiger partial charge in [0.1, 0.15) is 45.3 Å². The number of benzene rings is 4. The maximum absolute atomic E-state index is 13.9. The molecule has 3 atom stereocenters. The number of carboxylic acids is 1. The predicted molar refractivity (Wildman–Crippen MR) is 234 cm³/mol. The number of imide groups is 2. The first-order valence-electron chi connectivity index (χ1n) is 21.4. The number of piperidine rings is 1. The number of nitrogens with one attached hydrogen (secondary N) is 2. The number of rotatable bonds is 16. The lowest BCUT2D eigenvalue weighted by atomic mass is 9.86. The van der Waals surface area contributed by atoms with E-state index in [-0.39, 0.29) is 67.3 Å². The Hall–Kier alpha value is -7.19. The van der Waals surface area contributed by atoms with Gasteiger partial charge >= 0.3 is 5.97 Å². The molecule has 5 amide bonds. The van der Waals surface area contributed by atoms with E-state index in [2.05, 4.69) is 20.9 Å². The fraction of sp³-hybridized carbons (Fsp3) is 0.348. The molecule has 19 nitrogen and oxygen atoms in total. The summed E-state index contributed by atoms with van der Waals surface area (Å²) in [4.78, 5) is 76.7. The first-order valence-corrected chi connectivity index (χ1v) is 22.8. The average molecular weight is 922 g/mol. The highest BCUT2D eigenvalue weighted by molar-refractivity contribution is 7.89. The van der Waals surface area contributed by atoms with Gasteiger partial charge in [-0.05, 0) is 91.8 Å². The Morgan fingerprint density at radius 1 is 0.970 bits per heavy atom. The smallest absolute Gasteiger partial charge is 0.304 e. The molecule has 8 rings (SSSR count). The van der Waals surface area contributed by atoms with E-state index in [0.717, 1.165) is 10.5 Å². The van der Waals surface area contributed by atoms with Crippen LogP contribution in [0.4, 0.5) is 0 Å². The van der Waals surface area contributed by atoms with Crippen LogP contribution in [-0.2, 0) is 42.8 Å². The molecule has 4 heterocycles. The third kappa shape index (κ3) is 9.18. The summed E-state index contributed by atoms with van der Waals surface area (Å²) in [5.41, 5.74) is 3.87. The summed E-state index contributed by atoms with van der Waals surface area (Å²) in [5, 5.41) is 23.5. The van der Waals surface area contributed by atoms with Gasteiger partial charge in [-0.1, -0.05) is 41.6 Å². The third-order valence-corrected chi connectivity index (χ3v) is 13.6. The van der Waals surface area contributed by atoms with Crippen LogP contribution in [0.2, 0.25) is 0 Å². The highest BCUT2D eigenvalue weighted by atomic mass is 32.2. The molecule has 66 heavy (non-hydrogen) atoms. The number of aromatic nitrogens is 3. The van der Waals surface area contributed by atoms with E-state index in [9.17, 15) is 42.3 Å². The number of sulfonamides is 1. The first-order chi connectivity index (χ1) is 31.6. The van der Waals surface area contributed by atoms with Crippen molar-refractivity contribution in [3.63, 3.8) is 0 Å². The lowest BCUT2D eigenvalue weighted by Gasteiger charge is -2.27. The topological polar surface area (TPSA) is 246 Å². The summed E-state index contributed by atoms with van der Waals surface area (Å²) in [6.07, 6.45) is 0.296. The predicted octanol–water partition coefficient (Wildman–Crippen LogP) is 3.61. The van der Waals surface area contributed by atoms with E-state index >= 15 is 0 Å². The molecule has 1 saturated heterocycles. The number of hydrogen-bond donors (Lipinski definition) is 3. The number of nitrogens with zero attached hydrogens (tertiary/aromatic N) is 5. The molecule has 3 aliphatic heterocycles. The molecule has 0 radical (unpaired) electrons. The maximum atomic E-state index is 13.9. The zero-order valence-electron chi connectivity index (χ0n) is 36.3. The Bertz CT molecular complexity index is 2900. The minimum Gasteiger partial charge on any atom is -0.491 e. The largest absolute Gasteiger partial charge is 0.491 e. The Kier molecular flexibility index (Phi) is 12.9. The third-order valence-electron chi connectivity index (χ3n) is 11.8. The van der Waals surface area contributed by atoms with Gasteiger partial charge < -0.3 is 24.6 Å². The summed E-state index contributed by atoms with van der Waals surface area (Å²) >= 11 is 0. The second kappa shape index (κ2) is 18.7. The van der Waals surface area contributed by atoms with Crippen LogP contribution in [0.1, 0.15) is 87.9 Å². The maximum Gasteiger partial charge on any atom is 0.304 e. The lowest BCUT2D eigenvalue weighted by molar-refractivity contribution is -0.138. The molecule has 0 bridgehead atoms. The minimum absolute atomic E-state index is 0.00436. The zero-order chi connectivity index (χ0) is 46.9. The molecule has 1 aromatic heterocycles. The molecular weight excluding hydrogens is 875 g/mol. The van der Waals surface area contributed by atoms with Crippen LogP contribution < -0.4 is 24.8 Å². The number of para-hydroxylation sites is 1. The van der Waals surface area contributed by atoms with Crippen molar-refractivity contribution in [1.29, 1.82) is 0 Å². The lowest BCUT2D eigenvalue weighted by Crippen LogP contribution is -2.54. The monoisotopic (exact) mass is 921 g/mol. The van der Waals surface area contributed by atoms with Crippen molar-refractivity contribution in [3.8, 4) is 17.2 Å². The zero-order valence-corrected chi connectivity index (χ0v) is 37.1. The first kappa shape index (κ1) is 45.4. The van der Waals surface area contributed by atoms with E-state index in [4.69, 9.17) is 14.2 Å². The molecular formula is C46H47N7O12S. The molecule has 3 unspecified atom stereocenters. The Morgan fingerprint density at radius 3 is 2.56 bits per heavy atom. The van der Waals surface area contributed by atoms with Crippen LogP contribution in [0.3, 0.4) is 0 Å². The van der Waals surface area contributed by atoms with E-state index in [1.165, 1.54) is 28.6 Å². The minimum atomic E-state index is -3.93. The van der Waals surface area contributed by atoms with Crippen LogP contribution in [0.25, 0.3) is 11.0 Å². The van der Waals surface area contributed by atoms with E-state index < -0.39 is 70.2 Å². The molecule has 0 spiro atoms. The molecule has 20 heteroatoms. The normalized spacial score (nSPS) is 18.5. The van der Waals surface area contributed by atoms with Gasteiger partial charge in [0.25, 0.3) is 17.7 Å². The number of aryl methyl sites for hydroxylation is 2. The van der Waals surface area contributed by atoms with E-state index in [0.29, 0.717) is 52.1 Å². The fourth-order valence-electron chi connectivity index (χ4n) is 8.48. The summed E-state index contributed by atoms with van der Waals surface area (Å²) in [6, 6.07) is 18.9. The highest BCUT2D eigenvalue weighted by Crippen LogP contribution is 2.38. The molecule has 4 aromatic carbocycles. The van der Waals surface area contributed by atoms with Gasteiger partial charge in [0.15, 0.2) is 6.61 Å². The van der Waals surface area contributed by atoms with Crippen molar-refractivity contribution >= 4 is 56.6 Å². The number of carbonyl (C=O) groups excluding carboxylic acids is 5. The van der Waals surface area contributed by atoms with Gasteiger partial charge in [-0.2, -0.15) is 4.31 Å². The van der Waals surface area contributed by atoms with Gasteiger partial charge in [-0.25, -0.2) is 13.1 Å². The summed E-state index contributed by atoms with van der Waals surface area (Å²) in [7, 11) is -2.21. The van der Waals surface area contributed by atoms with Gasteiger partial charge in [-0.15, -0.1) is 5.10 Å². The van der Waals surface area contributed by atoms with Gasteiger partial charge in [0.05, 0.1) is 30.7 Å². The van der Waals surface area contributed by atoms with E-state index in [1.807, 2.05) is 32.0 Å². The highest BCUT2D eigenvalue weighted by Gasteiger charge is 2.46. The molecule has 0 saturated carbocycles. The molecule has 3 aliphatic rings. The number of hydrogen-bond acceptors (Lipinski definition) is 13. The van der Waals surface area contributed by atoms with Crippen molar-refractivity contribution in [3.05, 3.63) is 106 Å². The van der Waals surface area contributed by atoms with E-state index in [1.54, 1.807) is 42.1 Å². The number of aliphatic carboxylic acids is 1. The Morgan fingerprint density at radius 2 is 1.77 bits per heavy atom. The second-order valence-electron chi connectivity index (χ2n) is 16.4.